The van der Waals surface area contributed by atoms with Gasteiger partial charge in [0.05, 0.1) is 5.60 Å². The Morgan fingerprint density at radius 2 is 2.54 bits per heavy atom. The molecule has 0 saturated carbocycles. The van der Waals surface area contributed by atoms with Gasteiger partial charge in [-0.2, -0.15) is 0 Å². The van der Waals surface area contributed by atoms with E-state index >= 15 is 0 Å². The molecule has 2 heterocycles. The Kier molecular flexibility index (Phi) is 2.86. The summed E-state index contributed by atoms with van der Waals surface area (Å²) in [7, 11) is 0. The van der Waals surface area contributed by atoms with Crippen molar-refractivity contribution in [2.45, 2.75) is 37.8 Å². The monoisotopic (exact) mass is 184 g/mol. The molecule has 76 valence electrons. The van der Waals surface area contributed by atoms with Crippen molar-refractivity contribution < 1.29 is 4.74 Å². The Balaban J connectivity index is 1.71. The fourth-order valence-electron chi connectivity index (χ4n) is 2.17. The second-order valence-electron chi connectivity index (χ2n) is 4.47. The van der Waals surface area contributed by atoms with E-state index in [1.807, 2.05) is 0 Å². The molecule has 0 aliphatic carbocycles. The van der Waals surface area contributed by atoms with E-state index in [9.17, 15) is 0 Å². The first-order valence-electron chi connectivity index (χ1n) is 5.37. The highest BCUT2D eigenvalue weighted by atomic mass is 16.5. The van der Waals surface area contributed by atoms with Crippen LogP contribution in [0.2, 0.25) is 0 Å². The van der Waals surface area contributed by atoms with Gasteiger partial charge >= 0.3 is 0 Å². The molecule has 2 aliphatic rings. The molecule has 0 spiro atoms. The van der Waals surface area contributed by atoms with Crippen LogP contribution in [0.15, 0.2) is 0 Å². The molecule has 0 aromatic heterocycles. The molecule has 0 aromatic rings. The number of rotatable bonds is 3. The third kappa shape index (κ3) is 2.42. The molecule has 2 saturated heterocycles. The van der Waals surface area contributed by atoms with Crippen LogP contribution >= 0.6 is 0 Å². The first-order valence-corrected chi connectivity index (χ1v) is 5.37. The quantitative estimate of drug-likeness (QED) is 0.670. The fourth-order valence-corrected chi connectivity index (χ4v) is 2.17. The molecule has 2 rings (SSSR count). The summed E-state index contributed by atoms with van der Waals surface area (Å²) in [5.74, 6) is 0. The van der Waals surface area contributed by atoms with Gasteiger partial charge in [-0.1, -0.05) is 0 Å². The van der Waals surface area contributed by atoms with Crippen LogP contribution < -0.4 is 10.6 Å². The van der Waals surface area contributed by atoms with Gasteiger partial charge in [-0.05, 0) is 32.7 Å². The van der Waals surface area contributed by atoms with Crippen LogP contribution in [-0.2, 0) is 4.74 Å². The maximum atomic E-state index is 5.72. The Morgan fingerprint density at radius 3 is 3.15 bits per heavy atom. The smallest absolute Gasteiger partial charge is 0.0779 e. The summed E-state index contributed by atoms with van der Waals surface area (Å²) in [5.41, 5.74) is 0.114. The molecule has 0 radical (unpaired) electrons. The number of nitrogens with one attached hydrogen (secondary N) is 2. The molecule has 2 atom stereocenters. The second-order valence-corrected chi connectivity index (χ2v) is 4.47. The lowest BCUT2D eigenvalue weighted by atomic mass is 10.0. The summed E-state index contributed by atoms with van der Waals surface area (Å²) in [6, 6.07) is 0.668. The minimum Gasteiger partial charge on any atom is -0.374 e. The van der Waals surface area contributed by atoms with Crippen LogP contribution in [0.3, 0.4) is 0 Å². The van der Waals surface area contributed by atoms with Crippen molar-refractivity contribution in [2.75, 3.05) is 26.2 Å². The Hall–Kier alpha value is -0.120. The van der Waals surface area contributed by atoms with E-state index in [-0.39, 0.29) is 5.60 Å². The molecule has 2 unspecified atom stereocenters. The number of ether oxygens (including phenoxy) is 1. The summed E-state index contributed by atoms with van der Waals surface area (Å²) >= 11 is 0. The first kappa shape index (κ1) is 9.44. The lowest BCUT2D eigenvalue weighted by Crippen LogP contribution is -2.42. The van der Waals surface area contributed by atoms with E-state index in [1.165, 1.54) is 19.3 Å². The van der Waals surface area contributed by atoms with Gasteiger partial charge < -0.3 is 15.4 Å². The molecule has 2 fully saturated rings. The Labute approximate surface area is 80.2 Å². The molecule has 0 aromatic carbocycles. The summed E-state index contributed by atoms with van der Waals surface area (Å²) < 4.78 is 5.72. The molecule has 2 aliphatic heterocycles. The third-order valence-corrected chi connectivity index (χ3v) is 3.13. The van der Waals surface area contributed by atoms with Gasteiger partial charge in [0.15, 0.2) is 0 Å². The maximum Gasteiger partial charge on any atom is 0.0779 e. The van der Waals surface area contributed by atoms with Crippen molar-refractivity contribution in [1.82, 2.24) is 10.6 Å². The normalized spacial score (nSPS) is 39.9. The lowest BCUT2D eigenvalue weighted by molar-refractivity contribution is 0.0192. The average Bonchev–Trinajstić information content (AvgIpc) is 2.72. The van der Waals surface area contributed by atoms with Gasteiger partial charge in [0.2, 0.25) is 0 Å². The van der Waals surface area contributed by atoms with Crippen molar-refractivity contribution in [3.05, 3.63) is 0 Å². The van der Waals surface area contributed by atoms with Gasteiger partial charge in [0.1, 0.15) is 0 Å². The van der Waals surface area contributed by atoms with Crippen molar-refractivity contribution in [3.63, 3.8) is 0 Å². The Morgan fingerprint density at radius 1 is 1.62 bits per heavy atom. The first-order chi connectivity index (χ1) is 6.29. The van der Waals surface area contributed by atoms with E-state index in [2.05, 4.69) is 17.6 Å². The third-order valence-electron chi connectivity index (χ3n) is 3.13. The SMILES string of the molecule is CC1(CNC2CCNC2)CCCO1. The van der Waals surface area contributed by atoms with Crippen molar-refractivity contribution in [3.8, 4) is 0 Å². The van der Waals surface area contributed by atoms with Gasteiger partial charge in [0, 0.05) is 25.7 Å². The molecule has 0 amide bonds. The van der Waals surface area contributed by atoms with E-state index in [4.69, 9.17) is 4.74 Å². The zero-order valence-corrected chi connectivity index (χ0v) is 8.44. The minimum absolute atomic E-state index is 0.114. The van der Waals surface area contributed by atoms with Crippen LogP contribution in [0.25, 0.3) is 0 Å². The van der Waals surface area contributed by atoms with E-state index in [0.717, 1.165) is 26.2 Å². The van der Waals surface area contributed by atoms with Crippen LogP contribution in [0.4, 0.5) is 0 Å². The zero-order chi connectivity index (χ0) is 9.15. The van der Waals surface area contributed by atoms with E-state index < -0.39 is 0 Å². The highest BCUT2D eigenvalue weighted by Crippen LogP contribution is 2.24. The van der Waals surface area contributed by atoms with Gasteiger partial charge in [-0.25, -0.2) is 0 Å². The van der Waals surface area contributed by atoms with Crippen LogP contribution in [0.1, 0.15) is 26.2 Å². The topological polar surface area (TPSA) is 33.3 Å². The van der Waals surface area contributed by atoms with E-state index in [0.29, 0.717) is 6.04 Å². The lowest BCUT2D eigenvalue weighted by Gasteiger charge is -2.25. The molecule has 3 heteroatoms. The molecular formula is C10H20N2O. The summed E-state index contributed by atoms with van der Waals surface area (Å²) in [6.45, 7) is 6.46. The van der Waals surface area contributed by atoms with Crippen molar-refractivity contribution >= 4 is 0 Å². The Bertz CT molecular complexity index is 160. The van der Waals surface area contributed by atoms with E-state index in [1.54, 1.807) is 0 Å². The zero-order valence-electron chi connectivity index (χ0n) is 8.44. The van der Waals surface area contributed by atoms with Crippen LogP contribution in [0, 0.1) is 0 Å². The number of hydrogen-bond donors (Lipinski definition) is 2. The number of hydrogen-bond acceptors (Lipinski definition) is 3. The van der Waals surface area contributed by atoms with Gasteiger partial charge in [0.25, 0.3) is 0 Å². The molecule has 0 bridgehead atoms. The van der Waals surface area contributed by atoms with Crippen molar-refractivity contribution in [1.29, 1.82) is 0 Å². The molecule has 3 nitrogen and oxygen atoms in total. The average molecular weight is 184 g/mol. The summed E-state index contributed by atoms with van der Waals surface area (Å²) in [4.78, 5) is 0. The van der Waals surface area contributed by atoms with Crippen LogP contribution in [-0.4, -0.2) is 37.9 Å². The molecular weight excluding hydrogens is 164 g/mol. The molecule has 13 heavy (non-hydrogen) atoms. The predicted molar refractivity (Wildman–Crippen MR) is 52.9 cm³/mol. The van der Waals surface area contributed by atoms with Gasteiger partial charge in [-0.15, -0.1) is 0 Å². The predicted octanol–water partition coefficient (Wildman–Crippen LogP) is 0.507. The highest BCUT2D eigenvalue weighted by molar-refractivity contribution is 4.86. The van der Waals surface area contributed by atoms with Gasteiger partial charge in [-0.3, -0.25) is 0 Å². The summed E-state index contributed by atoms with van der Waals surface area (Å²) in [5, 5.41) is 6.93. The molecule has 2 N–H and O–H groups in total. The highest BCUT2D eigenvalue weighted by Gasteiger charge is 2.30. The summed E-state index contributed by atoms with van der Waals surface area (Å²) in [6.07, 6.45) is 3.69. The fraction of sp³-hybridized carbons (Fsp3) is 1.00. The minimum atomic E-state index is 0.114. The van der Waals surface area contributed by atoms with Crippen LogP contribution in [0.5, 0.6) is 0 Å². The standard InChI is InChI=1S/C10H20N2O/c1-10(4-2-6-13-10)8-12-9-3-5-11-7-9/h9,11-12H,2-8H2,1H3. The maximum absolute atomic E-state index is 5.72. The second kappa shape index (κ2) is 3.95. The largest absolute Gasteiger partial charge is 0.374 e. The van der Waals surface area contributed by atoms with Crippen molar-refractivity contribution in [2.24, 2.45) is 0 Å².